The van der Waals surface area contributed by atoms with Gasteiger partial charge >= 0.3 is 17.7 Å². The summed E-state index contributed by atoms with van der Waals surface area (Å²) in [7, 11) is 3.89. The van der Waals surface area contributed by atoms with Crippen LogP contribution in [0.4, 0.5) is 0 Å². The van der Waals surface area contributed by atoms with Crippen molar-refractivity contribution < 1.29 is 153 Å². The van der Waals surface area contributed by atoms with E-state index in [-0.39, 0.29) is 57.2 Å². The molecule has 5 aliphatic heterocycles. The third-order valence-electron chi connectivity index (χ3n) is 15.4. The summed E-state index contributed by atoms with van der Waals surface area (Å²) in [5, 5.41) is 161. The highest BCUT2D eigenvalue weighted by Crippen LogP contribution is 2.44. The largest absolute Gasteiger partial charge is 0.571 e. The average molecular weight is 1290 g/mol. The van der Waals surface area contributed by atoms with Crippen molar-refractivity contribution in [1.29, 1.82) is 0 Å². The summed E-state index contributed by atoms with van der Waals surface area (Å²) in [6.45, 7) is -0.642. The number of aromatic hydroxyl groups is 2. The van der Waals surface area contributed by atoms with Crippen LogP contribution in [0.2, 0.25) is 0 Å². The van der Waals surface area contributed by atoms with E-state index in [1.54, 1.807) is 0 Å². The Bertz CT molecular complexity index is 3210. The molecule has 9 rings (SSSR count). The van der Waals surface area contributed by atoms with E-state index in [0.717, 1.165) is 18.2 Å². The van der Waals surface area contributed by atoms with Gasteiger partial charge in [-0.2, -0.15) is 0 Å². The molecule has 91 heavy (non-hydrogen) atoms. The van der Waals surface area contributed by atoms with Gasteiger partial charge in [0.1, 0.15) is 109 Å². The molecule has 3 aromatic carbocycles. The molecule has 21 atom stereocenters. The number of hydrogen-bond donors (Lipinski definition) is 15. The molecular formula is C60H71O31+. The Morgan fingerprint density at radius 1 is 0.560 bits per heavy atom. The zero-order valence-electron chi connectivity index (χ0n) is 48.8. The highest BCUT2D eigenvalue weighted by atomic mass is 16.7. The van der Waals surface area contributed by atoms with Crippen molar-refractivity contribution in [3.05, 3.63) is 125 Å². The second kappa shape index (κ2) is 29.3. The Kier molecular flexibility index (Phi) is 21.8. The molecule has 3 aromatic rings. The normalized spacial score (nSPS) is 34.2. The first-order valence-corrected chi connectivity index (χ1v) is 28.2. The van der Waals surface area contributed by atoms with Gasteiger partial charge in [0.15, 0.2) is 35.4 Å². The SMILES string of the molecule is COc1cc(C=CC(=O)OCC2OC(Oc3ccc(C=CC(=O)OC4C(C)OC(OCC5OC(OC6=C(c7cc(OC)c(O)c(OC)c7)[OH+]C7C=C(O)C=C(OC8OC(CO)C(O)C(O)C8O)C7=C6)C(O)C(O)C5O)C(O)C4O)cc3)C(O)C(O)C2O)ccc1O. The molecule has 5 heterocycles. The van der Waals surface area contributed by atoms with Crippen LogP contribution in [0, 0.1) is 0 Å². The molecule has 0 spiro atoms. The van der Waals surface area contributed by atoms with E-state index in [2.05, 4.69) is 0 Å². The van der Waals surface area contributed by atoms with Gasteiger partial charge in [-0.05, 0) is 54.5 Å². The molecule has 0 radical (unpaired) electrons. The van der Waals surface area contributed by atoms with Crippen LogP contribution in [0.25, 0.3) is 17.9 Å². The Morgan fingerprint density at radius 3 is 1.71 bits per heavy atom. The fourth-order valence-corrected chi connectivity index (χ4v) is 10.3. The third kappa shape index (κ3) is 15.2. The van der Waals surface area contributed by atoms with Gasteiger partial charge in [0.05, 0.1) is 57.9 Å². The van der Waals surface area contributed by atoms with E-state index < -0.39 is 172 Å². The quantitative estimate of drug-likeness (QED) is 0.0290. The molecule has 6 aliphatic rings. The van der Waals surface area contributed by atoms with Crippen LogP contribution in [0.5, 0.6) is 34.5 Å². The topological polar surface area (TPSA) is 470 Å². The van der Waals surface area contributed by atoms with Crippen molar-refractivity contribution in [3.63, 3.8) is 0 Å². The first-order chi connectivity index (χ1) is 43.4. The van der Waals surface area contributed by atoms with Crippen molar-refractivity contribution in [2.45, 2.75) is 136 Å². The zero-order chi connectivity index (χ0) is 65.7. The van der Waals surface area contributed by atoms with Crippen molar-refractivity contribution in [1.82, 2.24) is 0 Å². The molecule has 1 aliphatic carbocycles. The monoisotopic (exact) mass is 1290 g/mol. The Labute approximate surface area is 517 Å². The van der Waals surface area contributed by atoms with Crippen molar-refractivity contribution in [2.75, 3.05) is 41.2 Å². The summed E-state index contributed by atoms with van der Waals surface area (Å²) < 4.78 is 77.9. The lowest BCUT2D eigenvalue weighted by atomic mass is 9.96. The molecule has 496 valence electrons. The van der Waals surface area contributed by atoms with Gasteiger partial charge in [-0.1, -0.05) is 18.2 Å². The molecule has 0 aromatic heterocycles. The van der Waals surface area contributed by atoms with Gasteiger partial charge in [-0.15, -0.1) is 0 Å². The number of esters is 2. The smallest absolute Gasteiger partial charge is 0.331 e. The van der Waals surface area contributed by atoms with E-state index in [0.29, 0.717) is 11.1 Å². The van der Waals surface area contributed by atoms with Crippen LogP contribution < -0.4 is 18.9 Å². The molecule has 16 N–H and O–H groups in total. The highest BCUT2D eigenvalue weighted by molar-refractivity contribution is 5.88. The fraction of sp³-hybridized carbons (Fsp3) is 0.467. The highest BCUT2D eigenvalue weighted by Gasteiger charge is 2.51. The lowest BCUT2D eigenvalue weighted by molar-refractivity contribution is -0.324. The van der Waals surface area contributed by atoms with Gasteiger partial charge in [0.2, 0.25) is 36.5 Å². The van der Waals surface area contributed by atoms with Crippen LogP contribution in [0.3, 0.4) is 0 Å². The number of carbonyl (C=O) groups excluding carboxylic acids is 2. The minimum Gasteiger partial charge on any atom is -0.571 e. The van der Waals surface area contributed by atoms with Crippen LogP contribution in [-0.4, -0.2) is 263 Å². The van der Waals surface area contributed by atoms with Gasteiger partial charge in [0, 0.05) is 36.4 Å². The summed E-state index contributed by atoms with van der Waals surface area (Å²) in [6, 6.07) is 12.9. The first kappa shape index (κ1) is 67.7. The summed E-state index contributed by atoms with van der Waals surface area (Å²) in [4.78, 5) is 25.6. The van der Waals surface area contributed by atoms with Crippen molar-refractivity contribution in [2.24, 2.45) is 0 Å². The maximum Gasteiger partial charge on any atom is 0.331 e. The zero-order valence-corrected chi connectivity index (χ0v) is 48.8. The predicted molar refractivity (Wildman–Crippen MR) is 303 cm³/mol. The lowest BCUT2D eigenvalue weighted by Crippen LogP contribution is -2.61. The number of rotatable bonds is 21. The second-order valence-electron chi connectivity index (χ2n) is 21.5. The summed E-state index contributed by atoms with van der Waals surface area (Å²) in [6.07, 6.45) is -26.7. The fourth-order valence-electron chi connectivity index (χ4n) is 10.3. The van der Waals surface area contributed by atoms with E-state index in [1.807, 2.05) is 0 Å². The van der Waals surface area contributed by atoms with Crippen molar-refractivity contribution >= 4 is 29.8 Å². The molecule has 0 bridgehead atoms. The number of benzene rings is 3. The van der Waals surface area contributed by atoms with E-state index in [1.165, 1.54) is 107 Å². The van der Waals surface area contributed by atoms with Crippen LogP contribution in [-0.2, 0) is 52.2 Å². The second-order valence-corrected chi connectivity index (χ2v) is 21.5. The summed E-state index contributed by atoms with van der Waals surface area (Å²) >= 11 is 0. The molecular weight excluding hydrogens is 1220 g/mol. The van der Waals surface area contributed by atoms with Crippen molar-refractivity contribution in [3.8, 4) is 34.5 Å². The molecule has 0 amide bonds. The minimum absolute atomic E-state index is 0.0737. The molecule has 4 fully saturated rings. The molecule has 31 nitrogen and oxygen atoms in total. The number of aliphatic hydroxyl groups excluding tert-OH is 13. The number of ether oxygens (including phenoxy) is 14. The average Bonchev–Trinajstić information content (AvgIpc) is 0.805. The molecule has 0 saturated carbocycles. The number of phenolic OH excluding ortho intramolecular Hbond substituents is 2. The van der Waals surface area contributed by atoms with Gasteiger partial charge < -0.3 is 143 Å². The Balaban J connectivity index is 0.812. The minimum atomic E-state index is -2.02. The van der Waals surface area contributed by atoms with Gasteiger partial charge in [-0.3, -0.25) is 0 Å². The van der Waals surface area contributed by atoms with Gasteiger partial charge in [0.25, 0.3) is 0 Å². The number of methoxy groups -OCH3 is 3. The lowest BCUT2D eigenvalue weighted by Gasteiger charge is -2.43. The summed E-state index contributed by atoms with van der Waals surface area (Å²) in [5.41, 5.74) is 1.15. The van der Waals surface area contributed by atoms with E-state index in [9.17, 15) is 86.2 Å². The number of aliphatic hydroxyl groups is 15. The number of carbonyl (C=O) groups is 2. The maximum absolute atomic E-state index is 13.1. The molecule has 21 unspecified atom stereocenters. The van der Waals surface area contributed by atoms with Gasteiger partial charge in [-0.25, -0.2) is 9.59 Å². The number of hydrogen-bond acceptors (Lipinski definition) is 30. The first-order valence-electron chi connectivity index (χ1n) is 28.2. The van der Waals surface area contributed by atoms with Crippen LogP contribution in [0.15, 0.2) is 108 Å². The maximum atomic E-state index is 13.1. The van der Waals surface area contributed by atoms with Crippen LogP contribution >= 0.6 is 0 Å². The predicted octanol–water partition coefficient (Wildman–Crippen LogP) is -2.84. The molecule has 4 saturated heterocycles. The van der Waals surface area contributed by atoms with E-state index >= 15 is 0 Å². The number of allylic oxidation sites excluding steroid dienone is 2. The molecule has 31 heteroatoms. The standard InChI is InChI=1S/C60H70O31/c1-24-55(91-42(65)14-8-25-5-10-29(11-6-25)84-58-51(74)48(71)45(68)39(89-58)22-81-41(64)13-9-26-7-12-31(63)34(15-26)78-2)50(73)54(77)57(83-24)82-23-40-46(69)49(72)53(76)60(90-40)87-37-20-30-32(85-56(37)27-16-35(79-3)43(66)36(17-27)80-4)18-28(62)19-33(30)86-59-52(75)47(70)44(67)38(21-61)88-59/h5-20,24,32,38-40,44-55,57-63,66-77H,21-23H2,1-4H3/p+1. The van der Waals surface area contributed by atoms with Crippen LogP contribution in [0.1, 0.15) is 23.6 Å². The number of fused-ring (bicyclic) bond motifs is 1. The Hall–Kier alpha value is -7.64. The summed E-state index contributed by atoms with van der Waals surface area (Å²) in [5.74, 6) is -3.18. The Morgan fingerprint density at radius 2 is 1.10 bits per heavy atom. The third-order valence-corrected chi connectivity index (χ3v) is 15.4. The van der Waals surface area contributed by atoms with E-state index in [4.69, 9.17) is 66.3 Å². The number of phenols is 2.